The van der Waals surface area contributed by atoms with Gasteiger partial charge in [0.05, 0.1) is 24.4 Å². The average molecular weight is 761 g/mol. The number of piperidine rings is 1. The number of Topliss-reactive ketones (excluding diaryl/α,β-unsaturated/α-hetero) is 2. The van der Waals surface area contributed by atoms with Gasteiger partial charge in [-0.15, -0.1) is 6.58 Å². The highest BCUT2D eigenvalue weighted by molar-refractivity contribution is 6.39. The molecule has 3 saturated heterocycles. The molecule has 0 aromatic rings. The number of aliphatic hydroxyl groups excluding tert-OH is 1. The first-order valence-electron chi connectivity index (χ1n) is 19.7. The summed E-state index contributed by atoms with van der Waals surface area (Å²) >= 11 is 0. The van der Waals surface area contributed by atoms with Gasteiger partial charge < -0.3 is 44.5 Å². The molecule has 0 aromatic heterocycles. The molecule has 3 fully saturated rings. The predicted octanol–water partition coefficient (Wildman–Crippen LogP) is 3.58. The van der Waals surface area contributed by atoms with Crippen LogP contribution < -0.4 is 5.73 Å². The lowest BCUT2D eigenvalue weighted by Crippen LogP contribution is -2.64. The van der Waals surface area contributed by atoms with E-state index in [9.17, 15) is 29.4 Å². The Balaban J connectivity index is 1.77. The van der Waals surface area contributed by atoms with E-state index >= 15 is 0 Å². The van der Waals surface area contributed by atoms with Crippen LogP contribution in [0.5, 0.6) is 0 Å². The van der Waals surface area contributed by atoms with Crippen LogP contribution in [0.25, 0.3) is 0 Å². The van der Waals surface area contributed by atoms with Gasteiger partial charge in [0.15, 0.2) is 5.78 Å². The number of carbonyl (C=O) groups is 4. The van der Waals surface area contributed by atoms with Crippen LogP contribution in [-0.4, -0.2) is 121 Å². The summed E-state index contributed by atoms with van der Waals surface area (Å²) in [5.74, 6) is -6.54. The van der Waals surface area contributed by atoms with Crippen LogP contribution in [-0.2, 0) is 42.9 Å². The molecule has 13 heteroatoms. The summed E-state index contributed by atoms with van der Waals surface area (Å²) in [6, 6.07) is -2.34. The number of ether oxygens (including phenoxy) is 5. The third-order valence-electron chi connectivity index (χ3n) is 11.7. The molecule has 4 aliphatic rings. The molecule has 4 N–H and O–H groups in total. The lowest BCUT2D eigenvalue weighted by atomic mass is 9.81. The van der Waals surface area contributed by atoms with Crippen molar-refractivity contribution in [1.29, 1.82) is 0 Å². The van der Waals surface area contributed by atoms with Crippen molar-refractivity contribution >= 4 is 23.4 Å². The second-order valence-corrected chi connectivity index (χ2v) is 16.0. The van der Waals surface area contributed by atoms with Crippen molar-refractivity contribution < 1.29 is 53.1 Å². The second-order valence-electron chi connectivity index (χ2n) is 16.0. The number of hydrogen-bond acceptors (Lipinski definition) is 12. The van der Waals surface area contributed by atoms with Gasteiger partial charge >= 0.3 is 5.97 Å². The van der Waals surface area contributed by atoms with Gasteiger partial charge in [-0.05, 0) is 93.6 Å². The number of cyclic esters (lactones) is 1. The fraction of sp³-hybridized carbons (Fsp3) is 0.756. The molecule has 11 atom stereocenters. The molecule has 13 nitrogen and oxygen atoms in total. The van der Waals surface area contributed by atoms with Crippen molar-refractivity contribution in [2.45, 2.75) is 140 Å². The Kier molecular flexibility index (Phi) is 16.2. The molecule has 11 unspecified atom stereocenters. The molecule has 1 amide bonds. The van der Waals surface area contributed by atoms with Crippen molar-refractivity contribution in [3.05, 3.63) is 36.0 Å². The third kappa shape index (κ3) is 10.5. The molecule has 0 spiro atoms. The van der Waals surface area contributed by atoms with Gasteiger partial charge in [-0.1, -0.05) is 39.0 Å². The Bertz CT molecular complexity index is 1390. The normalized spacial score (nSPS) is 38.8. The average Bonchev–Trinajstić information content (AvgIpc) is 3.15. The first-order valence-corrected chi connectivity index (χ1v) is 19.7. The molecule has 304 valence electrons. The molecule has 4 heterocycles. The van der Waals surface area contributed by atoms with Crippen LogP contribution in [0.2, 0.25) is 0 Å². The number of ketones is 2. The number of fused-ring (bicyclic) bond motifs is 3. The zero-order valence-corrected chi connectivity index (χ0v) is 33.1. The van der Waals surface area contributed by atoms with Gasteiger partial charge in [0, 0.05) is 46.3 Å². The highest BCUT2D eigenvalue weighted by atomic mass is 16.7. The topological polar surface area (TPSA) is 184 Å². The van der Waals surface area contributed by atoms with E-state index in [4.69, 9.17) is 29.4 Å². The lowest BCUT2D eigenvalue weighted by molar-refractivity contribution is -0.302. The lowest BCUT2D eigenvalue weighted by Gasteiger charge is -2.47. The van der Waals surface area contributed by atoms with Crippen LogP contribution in [0, 0.1) is 23.7 Å². The highest BCUT2D eigenvalue weighted by Gasteiger charge is 2.56. The fourth-order valence-electron chi connectivity index (χ4n) is 8.59. The van der Waals surface area contributed by atoms with Gasteiger partial charge in [0.2, 0.25) is 5.79 Å². The van der Waals surface area contributed by atoms with E-state index in [-0.39, 0.29) is 49.3 Å². The molecule has 4 aliphatic heterocycles. The number of aliphatic hydroxyl groups is 2. The standard InChI is InChI=1S/C41H64N2O11/c1-8-11-29-19-24(2)18-25(3)20-33(50-6)37-34(51-7)22-27(5)41(49,54-37)38(46)39(47)43-15-10-9-12-30(43)40(48)53-36(35(42)32(45)23-31(29)44)26(4)21-28-13-16-52-17-14-28/h8,19,21,24-25,27-28,30,32-37,45,49H,1,9-18,20,22-23,42H2,2-7H3/b26-21?,29-19+. The number of methoxy groups -OCH3 is 2. The Hall–Kier alpha value is -2.78. The van der Waals surface area contributed by atoms with Crippen LogP contribution >= 0.6 is 0 Å². The van der Waals surface area contributed by atoms with E-state index in [1.54, 1.807) is 19.9 Å². The van der Waals surface area contributed by atoms with Crippen molar-refractivity contribution in [3.63, 3.8) is 0 Å². The minimum atomic E-state index is -2.50. The summed E-state index contributed by atoms with van der Waals surface area (Å²) in [5, 5.41) is 23.5. The van der Waals surface area contributed by atoms with Crippen LogP contribution in [0.1, 0.15) is 91.9 Å². The summed E-state index contributed by atoms with van der Waals surface area (Å²) < 4.78 is 29.5. The summed E-state index contributed by atoms with van der Waals surface area (Å²) in [5.41, 5.74) is 7.79. The van der Waals surface area contributed by atoms with E-state index in [1.807, 2.05) is 26.0 Å². The predicted molar refractivity (Wildman–Crippen MR) is 201 cm³/mol. The fourth-order valence-corrected chi connectivity index (χ4v) is 8.59. The molecule has 0 radical (unpaired) electrons. The quantitative estimate of drug-likeness (QED) is 0.204. The smallest absolute Gasteiger partial charge is 0.329 e. The van der Waals surface area contributed by atoms with Crippen molar-refractivity contribution in [2.24, 2.45) is 29.4 Å². The summed E-state index contributed by atoms with van der Waals surface area (Å²) in [6.07, 6.45) is 5.12. The molecule has 54 heavy (non-hydrogen) atoms. The molecule has 0 aliphatic carbocycles. The first kappa shape index (κ1) is 43.9. The first-order chi connectivity index (χ1) is 25.6. The zero-order valence-electron chi connectivity index (χ0n) is 33.1. The van der Waals surface area contributed by atoms with E-state index in [1.165, 1.54) is 14.2 Å². The highest BCUT2D eigenvalue weighted by Crippen LogP contribution is 2.39. The number of carbonyl (C=O) groups excluding carboxylic acids is 4. The number of nitrogens with zero attached hydrogens (tertiary/aromatic N) is 1. The van der Waals surface area contributed by atoms with E-state index < -0.39 is 72.0 Å². The largest absolute Gasteiger partial charge is 0.455 e. The van der Waals surface area contributed by atoms with Gasteiger partial charge in [0.1, 0.15) is 18.2 Å². The maximum atomic E-state index is 14.1. The van der Waals surface area contributed by atoms with Gasteiger partial charge in [-0.3, -0.25) is 14.4 Å². The number of nitrogens with two attached hydrogens (primary N) is 1. The second kappa shape index (κ2) is 19.9. The third-order valence-corrected chi connectivity index (χ3v) is 11.7. The van der Waals surface area contributed by atoms with Gasteiger partial charge in [-0.25, -0.2) is 4.79 Å². The number of amides is 1. The number of hydrogen-bond donors (Lipinski definition) is 3. The van der Waals surface area contributed by atoms with E-state index in [2.05, 4.69) is 6.58 Å². The monoisotopic (exact) mass is 760 g/mol. The zero-order chi connectivity index (χ0) is 39.7. The summed E-state index contributed by atoms with van der Waals surface area (Å²) in [6.45, 7) is 12.5. The molecule has 0 saturated carbocycles. The maximum Gasteiger partial charge on any atom is 0.329 e. The Morgan fingerprint density at radius 2 is 1.70 bits per heavy atom. The maximum absolute atomic E-state index is 14.1. The number of rotatable bonds is 6. The number of allylic oxidation sites excluding steroid dienone is 4. The molecule has 0 aromatic carbocycles. The number of esters is 1. The summed E-state index contributed by atoms with van der Waals surface area (Å²) in [7, 11) is 3.05. The Morgan fingerprint density at radius 3 is 2.35 bits per heavy atom. The molecule has 2 bridgehead atoms. The molecule has 4 rings (SSSR count). The minimum Gasteiger partial charge on any atom is -0.455 e. The SMILES string of the molecule is C=CC/C1=C\C(C)CC(C)CC(OC)C2OC(O)(C(=O)C(=O)N3CCCCC3C(=O)OC(C(C)=CC3CCOCC3)C(N)C(O)CC1=O)C(C)CC2OC. The van der Waals surface area contributed by atoms with Crippen molar-refractivity contribution in [3.8, 4) is 0 Å². The minimum absolute atomic E-state index is 0.0313. The van der Waals surface area contributed by atoms with E-state index in [0.717, 1.165) is 17.7 Å². The Morgan fingerprint density at radius 1 is 1.04 bits per heavy atom. The van der Waals surface area contributed by atoms with Crippen molar-refractivity contribution in [1.82, 2.24) is 4.90 Å². The van der Waals surface area contributed by atoms with Crippen molar-refractivity contribution in [2.75, 3.05) is 34.0 Å². The van der Waals surface area contributed by atoms with Gasteiger partial charge in [0.25, 0.3) is 11.7 Å². The Labute approximate surface area is 320 Å². The van der Waals surface area contributed by atoms with Crippen LogP contribution in [0.3, 0.4) is 0 Å². The summed E-state index contributed by atoms with van der Waals surface area (Å²) in [4.78, 5) is 57.3. The van der Waals surface area contributed by atoms with E-state index in [0.29, 0.717) is 56.5 Å². The molecular formula is C41H64N2O11. The van der Waals surface area contributed by atoms with Crippen LogP contribution in [0.4, 0.5) is 0 Å². The van der Waals surface area contributed by atoms with Gasteiger partial charge in [-0.2, -0.15) is 0 Å². The van der Waals surface area contributed by atoms with Crippen LogP contribution in [0.15, 0.2) is 36.0 Å². The molecular weight excluding hydrogens is 696 g/mol.